The number of hydrogen-bond donors (Lipinski definition) is 1. The van der Waals surface area contributed by atoms with Crippen LogP contribution < -0.4 is 5.73 Å². The zero-order valence-corrected chi connectivity index (χ0v) is 11.2. The summed E-state index contributed by atoms with van der Waals surface area (Å²) in [6, 6.07) is 0. The molecule has 0 spiro atoms. The SMILES string of the molecule is CCCn1c(C)nc2c(N)nc3c(c21)CCCC3. The molecule has 3 rings (SSSR count). The topological polar surface area (TPSA) is 56.7 Å². The number of rotatable bonds is 2. The van der Waals surface area contributed by atoms with Gasteiger partial charge in [0.15, 0.2) is 5.82 Å². The first-order chi connectivity index (χ1) is 8.72. The Balaban J connectivity index is 2.34. The highest BCUT2D eigenvalue weighted by Crippen LogP contribution is 2.31. The Hall–Kier alpha value is -1.58. The van der Waals surface area contributed by atoms with Gasteiger partial charge in [0, 0.05) is 12.2 Å². The van der Waals surface area contributed by atoms with Gasteiger partial charge in [0.1, 0.15) is 11.3 Å². The molecule has 2 heterocycles. The Morgan fingerprint density at radius 3 is 2.78 bits per heavy atom. The monoisotopic (exact) mass is 244 g/mol. The van der Waals surface area contributed by atoms with Crippen LogP contribution >= 0.6 is 0 Å². The Morgan fingerprint density at radius 1 is 1.22 bits per heavy atom. The summed E-state index contributed by atoms with van der Waals surface area (Å²) in [6.07, 6.45) is 5.78. The van der Waals surface area contributed by atoms with E-state index in [1.807, 2.05) is 0 Å². The van der Waals surface area contributed by atoms with Crippen LogP contribution in [-0.4, -0.2) is 14.5 Å². The number of pyridine rings is 1. The first kappa shape index (κ1) is 11.5. The molecule has 4 heteroatoms. The Morgan fingerprint density at radius 2 is 2.00 bits per heavy atom. The van der Waals surface area contributed by atoms with Crippen molar-refractivity contribution in [2.45, 2.75) is 52.5 Å². The van der Waals surface area contributed by atoms with Crippen LogP contribution in [0.25, 0.3) is 11.0 Å². The summed E-state index contributed by atoms with van der Waals surface area (Å²) in [7, 11) is 0. The number of anilines is 1. The lowest BCUT2D eigenvalue weighted by atomic mass is 9.95. The first-order valence-electron chi connectivity index (χ1n) is 6.86. The van der Waals surface area contributed by atoms with Gasteiger partial charge in [-0.05, 0) is 44.6 Å². The van der Waals surface area contributed by atoms with E-state index in [-0.39, 0.29) is 0 Å². The van der Waals surface area contributed by atoms with Crippen LogP contribution in [0.2, 0.25) is 0 Å². The molecule has 0 saturated carbocycles. The maximum absolute atomic E-state index is 6.07. The quantitative estimate of drug-likeness (QED) is 0.883. The molecule has 1 aliphatic carbocycles. The van der Waals surface area contributed by atoms with Gasteiger partial charge in [-0.25, -0.2) is 9.97 Å². The van der Waals surface area contributed by atoms with Gasteiger partial charge in [-0.1, -0.05) is 6.92 Å². The van der Waals surface area contributed by atoms with E-state index in [2.05, 4.69) is 28.4 Å². The summed E-state index contributed by atoms with van der Waals surface area (Å²) in [5, 5.41) is 0. The molecule has 0 aromatic carbocycles. The number of nitrogen functional groups attached to an aromatic ring is 1. The molecule has 0 saturated heterocycles. The van der Waals surface area contributed by atoms with Crippen molar-refractivity contribution in [2.75, 3.05) is 5.73 Å². The van der Waals surface area contributed by atoms with Crippen LogP contribution in [0.5, 0.6) is 0 Å². The van der Waals surface area contributed by atoms with Crippen molar-refractivity contribution < 1.29 is 0 Å². The van der Waals surface area contributed by atoms with Crippen molar-refractivity contribution in [2.24, 2.45) is 0 Å². The van der Waals surface area contributed by atoms with Crippen molar-refractivity contribution >= 4 is 16.9 Å². The molecule has 0 radical (unpaired) electrons. The van der Waals surface area contributed by atoms with Gasteiger partial charge in [0.2, 0.25) is 0 Å². The van der Waals surface area contributed by atoms with Crippen LogP contribution in [0.15, 0.2) is 0 Å². The summed E-state index contributed by atoms with van der Waals surface area (Å²) >= 11 is 0. The van der Waals surface area contributed by atoms with E-state index in [0.29, 0.717) is 5.82 Å². The first-order valence-corrected chi connectivity index (χ1v) is 6.86. The van der Waals surface area contributed by atoms with E-state index in [9.17, 15) is 0 Å². The minimum atomic E-state index is 0.601. The highest BCUT2D eigenvalue weighted by atomic mass is 15.1. The lowest BCUT2D eigenvalue weighted by Crippen LogP contribution is -2.11. The third kappa shape index (κ3) is 1.59. The fourth-order valence-electron chi connectivity index (χ4n) is 3.01. The molecule has 2 aromatic heterocycles. The number of hydrogen-bond acceptors (Lipinski definition) is 3. The number of imidazole rings is 1. The number of nitrogens with zero attached hydrogens (tertiary/aromatic N) is 3. The molecule has 1 aliphatic rings. The fraction of sp³-hybridized carbons (Fsp3) is 0.571. The van der Waals surface area contributed by atoms with E-state index in [1.165, 1.54) is 29.6 Å². The van der Waals surface area contributed by atoms with Crippen LogP contribution in [0, 0.1) is 6.92 Å². The minimum absolute atomic E-state index is 0.601. The van der Waals surface area contributed by atoms with Crippen LogP contribution in [-0.2, 0) is 19.4 Å². The second kappa shape index (κ2) is 4.26. The smallest absolute Gasteiger partial charge is 0.151 e. The number of aryl methyl sites for hydroxylation is 4. The lowest BCUT2D eigenvalue weighted by molar-refractivity contribution is 0.651. The molecule has 0 bridgehead atoms. The Labute approximate surface area is 107 Å². The molecular formula is C14H20N4. The van der Waals surface area contributed by atoms with Crippen LogP contribution in [0.4, 0.5) is 5.82 Å². The fourth-order valence-corrected chi connectivity index (χ4v) is 3.01. The van der Waals surface area contributed by atoms with Crippen molar-refractivity contribution in [3.63, 3.8) is 0 Å². The average Bonchev–Trinajstić information content (AvgIpc) is 2.69. The largest absolute Gasteiger partial charge is 0.382 e. The predicted molar refractivity (Wildman–Crippen MR) is 73.6 cm³/mol. The summed E-state index contributed by atoms with van der Waals surface area (Å²) < 4.78 is 2.32. The maximum atomic E-state index is 6.07. The molecule has 2 aromatic rings. The number of aromatic nitrogens is 3. The van der Waals surface area contributed by atoms with Crippen molar-refractivity contribution in [1.82, 2.24) is 14.5 Å². The molecule has 4 nitrogen and oxygen atoms in total. The molecule has 0 atom stereocenters. The Bertz CT molecular complexity index is 598. The third-order valence-corrected chi connectivity index (χ3v) is 3.83. The second-order valence-corrected chi connectivity index (χ2v) is 5.14. The second-order valence-electron chi connectivity index (χ2n) is 5.14. The number of nitrogens with two attached hydrogens (primary N) is 1. The van der Waals surface area contributed by atoms with E-state index < -0.39 is 0 Å². The summed E-state index contributed by atoms with van der Waals surface area (Å²) in [4.78, 5) is 9.17. The van der Waals surface area contributed by atoms with Crippen molar-refractivity contribution in [3.8, 4) is 0 Å². The van der Waals surface area contributed by atoms with E-state index in [1.54, 1.807) is 0 Å². The maximum Gasteiger partial charge on any atom is 0.151 e. The van der Waals surface area contributed by atoms with Crippen molar-refractivity contribution in [3.05, 3.63) is 17.1 Å². The molecule has 0 fully saturated rings. The average molecular weight is 244 g/mol. The van der Waals surface area contributed by atoms with Crippen LogP contribution in [0.1, 0.15) is 43.3 Å². The van der Waals surface area contributed by atoms with Crippen molar-refractivity contribution in [1.29, 1.82) is 0 Å². The van der Waals surface area contributed by atoms with Gasteiger partial charge >= 0.3 is 0 Å². The normalized spacial score (nSPS) is 15.0. The van der Waals surface area contributed by atoms with Gasteiger partial charge in [0.05, 0.1) is 5.52 Å². The highest BCUT2D eigenvalue weighted by Gasteiger charge is 2.20. The third-order valence-electron chi connectivity index (χ3n) is 3.83. The van der Waals surface area contributed by atoms with Gasteiger partial charge in [0.25, 0.3) is 0 Å². The molecule has 18 heavy (non-hydrogen) atoms. The molecule has 0 amide bonds. The standard InChI is InChI=1S/C14H20N4/c1-3-8-18-9(2)16-12-13(18)10-6-4-5-7-11(10)17-14(12)15/h3-8H2,1-2H3,(H2,15,17). The van der Waals surface area contributed by atoms with E-state index >= 15 is 0 Å². The number of fused-ring (bicyclic) bond motifs is 3. The van der Waals surface area contributed by atoms with E-state index in [0.717, 1.165) is 37.1 Å². The van der Waals surface area contributed by atoms with Gasteiger partial charge in [-0.15, -0.1) is 0 Å². The molecule has 0 unspecified atom stereocenters. The van der Waals surface area contributed by atoms with Gasteiger partial charge in [-0.3, -0.25) is 0 Å². The molecule has 2 N–H and O–H groups in total. The molecular weight excluding hydrogens is 224 g/mol. The minimum Gasteiger partial charge on any atom is -0.382 e. The van der Waals surface area contributed by atoms with Crippen LogP contribution in [0.3, 0.4) is 0 Å². The zero-order chi connectivity index (χ0) is 12.7. The van der Waals surface area contributed by atoms with Gasteiger partial charge in [-0.2, -0.15) is 0 Å². The lowest BCUT2D eigenvalue weighted by Gasteiger charge is -2.18. The molecule has 96 valence electrons. The summed E-state index contributed by atoms with van der Waals surface area (Å²) in [5.74, 6) is 1.66. The zero-order valence-electron chi connectivity index (χ0n) is 11.2. The molecule has 0 aliphatic heterocycles. The Kier molecular flexibility index (Phi) is 2.73. The summed E-state index contributed by atoms with van der Waals surface area (Å²) in [6.45, 7) is 5.27. The summed E-state index contributed by atoms with van der Waals surface area (Å²) in [5.41, 5.74) is 10.8. The van der Waals surface area contributed by atoms with E-state index in [4.69, 9.17) is 5.73 Å². The highest BCUT2D eigenvalue weighted by molar-refractivity contribution is 5.89. The predicted octanol–water partition coefficient (Wildman–Crippen LogP) is 2.61. The van der Waals surface area contributed by atoms with Gasteiger partial charge < -0.3 is 10.3 Å².